The number of anilines is 1. The lowest BCUT2D eigenvalue weighted by Crippen LogP contribution is -2.42. The Morgan fingerprint density at radius 1 is 0.914 bits per heavy atom. The number of fused-ring (bicyclic) bond motifs is 1. The number of hydrogen-bond donors (Lipinski definition) is 6. The maximum absolute atomic E-state index is 13.8. The van der Waals surface area contributed by atoms with Crippen LogP contribution in [0.3, 0.4) is 0 Å². The topological polar surface area (TPSA) is 221 Å². The Morgan fingerprint density at radius 3 is 2.16 bits per heavy atom. The van der Waals surface area contributed by atoms with E-state index in [0.29, 0.717) is 33.6 Å². The SMILES string of the molecule is CNC(=O)Nc1ccccc1C1CCN(CCC(CN(C)C(=O)c2cc(C#N)cc3ccccc23)c2ccc(Cl)c(Cl)c2)CC1.O=C(O)CC(O)(CC(=O)O)C(=O)O. The summed E-state index contributed by atoms with van der Waals surface area (Å²) in [4.78, 5) is 60.5. The zero-order valence-corrected chi connectivity index (χ0v) is 33.5. The highest BCUT2D eigenvalue weighted by Gasteiger charge is 2.40. The highest BCUT2D eigenvalue weighted by Crippen LogP contribution is 2.34. The van der Waals surface area contributed by atoms with E-state index < -0.39 is 36.4 Å². The Hall–Kier alpha value is -5.72. The second-order valence-electron chi connectivity index (χ2n) is 14.1. The van der Waals surface area contributed by atoms with Crippen molar-refractivity contribution in [2.75, 3.05) is 45.6 Å². The molecule has 0 aliphatic carbocycles. The zero-order valence-electron chi connectivity index (χ0n) is 32.0. The first-order chi connectivity index (χ1) is 27.5. The smallest absolute Gasteiger partial charge is 0.336 e. The minimum absolute atomic E-state index is 0.0225. The maximum atomic E-state index is 13.8. The molecule has 4 aromatic carbocycles. The molecule has 14 nitrogen and oxygen atoms in total. The number of rotatable bonds is 14. The lowest BCUT2D eigenvalue weighted by Gasteiger charge is -2.34. The normalized spacial score (nSPS) is 13.7. The summed E-state index contributed by atoms with van der Waals surface area (Å²) in [5, 5.41) is 51.7. The Kier molecular flexibility index (Phi) is 16.0. The number of nitrogens with one attached hydrogen (secondary N) is 2. The molecule has 0 bridgehead atoms. The van der Waals surface area contributed by atoms with Gasteiger partial charge in [-0.05, 0) is 97.0 Å². The van der Waals surface area contributed by atoms with Crippen LogP contribution in [0.4, 0.5) is 10.5 Å². The number of likely N-dealkylation sites (N-methyl/N-ethyl adjacent to an activating group) is 1. The third-order valence-corrected chi connectivity index (χ3v) is 10.8. The predicted octanol–water partition coefficient (Wildman–Crippen LogP) is 6.65. The van der Waals surface area contributed by atoms with Gasteiger partial charge in [-0.1, -0.05) is 71.7 Å². The first kappa shape index (κ1) is 45.0. The van der Waals surface area contributed by atoms with Crippen molar-refractivity contribution in [3.8, 4) is 6.07 Å². The van der Waals surface area contributed by atoms with Gasteiger partial charge >= 0.3 is 23.9 Å². The number of amides is 3. The van der Waals surface area contributed by atoms with Crippen molar-refractivity contribution in [2.24, 2.45) is 0 Å². The number of carbonyl (C=O) groups excluding carboxylic acids is 2. The Balaban J connectivity index is 0.000000492. The summed E-state index contributed by atoms with van der Waals surface area (Å²) < 4.78 is 0. The Morgan fingerprint density at radius 2 is 1.55 bits per heavy atom. The van der Waals surface area contributed by atoms with Gasteiger partial charge in [0.25, 0.3) is 5.91 Å². The molecule has 0 aromatic heterocycles. The first-order valence-electron chi connectivity index (χ1n) is 18.4. The molecule has 0 radical (unpaired) electrons. The van der Waals surface area contributed by atoms with Gasteiger partial charge in [0, 0.05) is 37.8 Å². The maximum Gasteiger partial charge on any atom is 0.336 e. The van der Waals surface area contributed by atoms with Crippen LogP contribution in [0.15, 0.2) is 78.9 Å². The van der Waals surface area contributed by atoms with E-state index in [1.54, 1.807) is 18.0 Å². The number of nitriles is 1. The van der Waals surface area contributed by atoms with E-state index in [0.717, 1.165) is 60.9 Å². The minimum Gasteiger partial charge on any atom is -0.481 e. The number of halogens is 2. The fraction of sp³-hybridized carbons (Fsp3) is 0.333. The van der Waals surface area contributed by atoms with Gasteiger partial charge < -0.3 is 40.9 Å². The molecule has 6 N–H and O–H groups in total. The summed E-state index contributed by atoms with van der Waals surface area (Å²) in [5.41, 5.74) is 1.30. The van der Waals surface area contributed by atoms with Crippen molar-refractivity contribution in [3.63, 3.8) is 0 Å². The van der Waals surface area contributed by atoms with Gasteiger partial charge in [-0.25, -0.2) is 9.59 Å². The number of likely N-dealkylation sites (tertiary alicyclic amines) is 1. The summed E-state index contributed by atoms with van der Waals surface area (Å²) in [6.45, 7) is 3.23. The van der Waals surface area contributed by atoms with Crippen molar-refractivity contribution in [2.45, 2.75) is 49.5 Å². The van der Waals surface area contributed by atoms with E-state index in [4.69, 9.17) is 43.6 Å². The molecule has 1 atom stereocenters. The largest absolute Gasteiger partial charge is 0.481 e. The van der Waals surface area contributed by atoms with Crippen LogP contribution >= 0.6 is 23.2 Å². The van der Waals surface area contributed by atoms with Crippen LogP contribution in [-0.2, 0) is 14.4 Å². The average molecular weight is 835 g/mol. The second-order valence-corrected chi connectivity index (χ2v) is 14.9. The third kappa shape index (κ3) is 12.1. The summed E-state index contributed by atoms with van der Waals surface area (Å²) in [6.07, 6.45) is 0.520. The number of aliphatic carboxylic acids is 3. The fourth-order valence-corrected chi connectivity index (χ4v) is 7.28. The molecule has 1 unspecified atom stereocenters. The van der Waals surface area contributed by atoms with Gasteiger partial charge in [-0.15, -0.1) is 0 Å². The standard InChI is InChI=1S/C36H37Cl2N5O2.C6H8O7/c1-40-36(45)41-34-10-6-5-9-30(34)25-13-16-43(17-14-25)18-15-28(26-11-12-32(37)33(38)21-26)23-42(2)35(44)31-20-24(22-39)19-27-7-3-4-8-29(27)31;7-3(8)1-6(13,5(11)12)2-4(9)10/h3-12,19-21,25,28H,13-18,23H2,1-2H3,(H2,40,41,45);13H,1-2H2,(H,7,8)(H,9,10)(H,11,12). The number of carboxylic acids is 3. The van der Waals surface area contributed by atoms with Gasteiger partial charge in [0.1, 0.15) is 0 Å². The van der Waals surface area contributed by atoms with E-state index in [1.165, 1.54) is 5.56 Å². The van der Waals surface area contributed by atoms with E-state index >= 15 is 0 Å². The number of para-hydroxylation sites is 1. The summed E-state index contributed by atoms with van der Waals surface area (Å²) in [6, 6.07) is 26.9. The molecule has 1 aliphatic rings. The van der Waals surface area contributed by atoms with Crippen LogP contribution in [0.5, 0.6) is 0 Å². The molecule has 3 amide bonds. The lowest BCUT2D eigenvalue weighted by atomic mass is 9.87. The molecule has 1 heterocycles. The molecule has 16 heteroatoms. The Labute approximate surface area is 345 Å². The fourth-order valence-electron chi connectivity index (χ4n) is 6.97. The van der Waals surface area contributed by atoms with Crippen molar-refractivity contribution < 1.29 is 44.4 Å². The van der Waals surface area contributed by atoms with Gasteiger partial charge in [0.05, 0.1) is 34.5 Å². The number of urea groups is 1. The van der Waals surface area contributed by atoms with Crippen molar-refractivity contribution >= 4 is 69.5 Å². The number of carbonyl (C=O) groups is 5. The van der Waals surface area contributed by atoms with Gasteiger partial charge in [-0.2, -0.15) is 5.26 Å². The number of nitrogens with zero attached hydrogens (tertiary/aromatic N) is 3. The number of aliphatic hydroxyl groups is 1. The molecule has 1 fully saturated rings. The van der Waals surface area contributed by atoms with Crippen LogP contribution < -0.4 is 10.6 Å². The van der Waals surface area contributed by atoms with E-state index in [-0.39, 0.29) is 17.9 Å². The number of piperidine rings is 1. The van der Waals surface area contributed by atoms with E-state index in [9.17, 15) is 29.2 Å². The average Bonchev–Trinajstić information content (AvgIpc) is 3.19. The molecule has 5 rings (SSSR count). The monoisotopic (exact) mass is 833 g/mol. The van der Waals surface area contributed by atoms with Crippen molar-refractivity contribution in [1.82, 2.24) is 15.1 Å². The van der Waals surface area contributed by atoms with Crippen LogP contribution in [0.2, 0.25) is 10.0 Å². The molecule has 306 valence electrons. The first-order valence-corrected chi connectivity index (χ1v) is 19.1. The summed E-state index contributed by atoms with van der Waals surface area (Å²) in [7, 11) is 3.43. The molecule has 1 saturated heterocycles. The van der Waals surface area contributed by atoms with E-state index in [2.05, 4.69) is 27.7 Å². The molecular formula is C42H45Cl2N5O9. The quantitative estimate of drug-likeness (QED) is 0.0790. The molecule has 0 spiro atoms. The Bertz CT molecular complexity index is 2170. The van der Waals surface area contributed by atoms with Gasteiger partial charge in [0.15, 0.2) is 5.60 Å². The highest BCUT2D eigenvalue weighted by molar-refractivity contribution is 6.42. The van der Waals surface area contributed by atoms with Crippen LogP contribution in [0, 0.1) is 11.3 Å². The lowest BCUT2D eigenvalue weighted by molar-refractivity contribution is -0.170. The zero-order chi connectivity index (χ0) is 42.6. The summed E-state index contributed by atoms with van der Waals surface area (Å²) >= 11 is 12.7. The molecule has 1 aliphatic heterocycles. The van der Waals surface area contributed by atoms with Crippen LogP contribution in [0.25, 0.3) is 10.8 Å². The number of benzene rings is 4. The molecule has 4 aromatic rings. The van der Waals surface area contributed by atoms with Gasteiger partial charge in [-0.3, -0.25) is 14.4 Å². The van der Waals surface area contributed by atoms with Crippen LogP contribution in [-0.4, -0.2) is 106 Å². The van der Waals surface area contributed by atoms with Crippen LogP contribution in [0.1, 0.15) is 71.0 Å². The predicted molar refractivity (Wildman–Crippen MR) is 219 cm³/mol. The third-order valence-electron chi connectivity index (χ3n) is 10.0. The molecule has 58 heavy (non-hydrogen) atoms. The summed E-state index contributed by atoms with van der Waals surface area (Å²) in [5.74, 6) is -4.76. The number of hydrogen-bond acceptors (Lipinski definition) is 8. The minimum atomic E-state index is -2.74. The van der Waals surface area contributed by atoms with Gasteiger partial charge in [0.2, 0.25) is 0 Å². The van der Waals surface area contributed by atoms with Crippen molar-refractivity contribution in [1.29, 1.82) is 5.26 Å². The molecule has 0 saturated carbocycles. The highest BCUT2D eigenvalue weighted by atomic mass is 35.5. The van der Waals surface area contributed by atoms with E-state index in [1.807, 2.05) is 73.8 Å². The van der Waals surface area contributed by atoms with Crippen molar-refractivity contribution in [3.05, 3.63) is 111 Å². The molecular weight excluding hydrogens is 789 g/mol. The second kappa shape index (κ2) is 20.6. The number of carboxylic acid groups (broad SMARTS) is 3.